The summed E-state index contributed by atoms with van der Waals surface area (Å²) in [5, 5.41) is 5.72. The van der Waals surface area contributed by atoms with Crippen LogP contribution in [0.1, 0.15) is 16.0 Å². The Morgan fingerprint density at radius 1 is 1.05 bits per heavy atom. The molecular formula is C18H18N2S. The predicted octanol–water partition coefficient (Wildman–Crippen LogP) is 4.41. The van der Waals surface area contributed by atoms with Crippen LogP contribution in [0.25, 0.3) is 11.1 Å². The molecule has 3 aromatic rings. The highest BCUT2D eigenvalue weighted by molar-refractivity contribution is 7.10. The van der Waals surface area contributed by atoms with Gasteiger partial charge in [-0.25, -0.2) is 0 Å². The van der Waals surface area contributed by atoms with Crippen LogP contribution < -0.4 is 5.32 Å². The van der Waals surface area contributed by atoms with Gasteiger partial charge in [-0.1, -0.05) is 30.3 Å². The molecule has 3 rings (SSSR count). The van der Waals surface area contributed by atoms with Crippen molar-refractivity contribution >= 4 is 11.3 Å². The van der Waals surface area contributed by atoms with Gasteiger partial charge in [-0.15, -0.1) is 11.3 Å². The standard InChI is InChI=1S/C18H18N2S/c1-14-7-8-19-10-17(14)11-20-12-18-9-16(13-21-18)15-5-3-2-4-6-15/h2-10,13,20H,11-12H2,1H3. The number of pyridine rings is 1. The van der Waals surface area contributed by atoms with Crippen LogP contribution >= 0.6 is 11.3 Å². The van der Waals surface area contributed by atoms with E-state index in [0.29, 0.717) is 0 Å². The summed E-state index contributed by atoms with van der Waals surface area (Å²) in [4.78, 5) is 5.53. The second kappa shape index (κ2) is 6.66. The van der Waals surface area contributed by atoms with E-state index in [9.17, 15) is 0 Å². The van der Waals surface area contributed by atoms with E-state index in [1.54, 1.807) is 11.3 Å². The summed E-state index contributed by atoms with van der Waals surface area (Å²) in [6, 6.07) is 14.8. The van der Waals surface area contributed by atoms with Crippen LogP contribution in [0.2, 0.25) is 0 Å². The molecule has 1 N–H and O–H groups in total. The van der Waals surface area contributed by atoms with E-state index >= 15 is 0 Å². The maximum absolute atomic E-state index is 4.18. The Morgan fingerprint density at radius 2 is 1.90 bits per heavy atom. The van der Waals surface area contributed by atoms with Crippen molar-refractivity contribution in [2.75, 3.05) is 0 Å². The zero-order chi connectivity index (χ0) is 14.5. The lowest BCUT2D eigenvalue weighted by molar-refractivity contribution is 0.696. The molecule has 0 unspecified atom stereocenters. The lowest BCUT2D eigenvalue weighted by Gasteiger charge is -2.05. The van der Waals surface area contributed by atoms with Crippen LogP contribution in [0, 0.1) is 6.92 Å². The Kier molecular flexibility index (Phi) is 4.43. The second-order valence-corrected chi connectivity index (χ2v) is 6.07. The number of nitrogens with one attached hydrogen (secondary N) is 1. The average molecular weight is 294 g/mol. The van der Waals surface area contributed by atoms with Crippen molar-refractivity contribution < 1.29 is 0 Å². The summed E-state index contributed by atoms with van der Waals surface area (Å²) in [6.07, 6.45) is 3.77. The molecule has 0 atom stereocenters. The molecule has 0 aliphatic heterocycles. The Bertz CT molecular complexity index is 704. The van der Waals surface area contributed by atoms with Crippen molar-refractivity contribution in [3.8, 4) is 11.1 Å². The molecule has 106 valence electrons. The molecule has 0 fully saturated rings. The number of aryl methyl sites for hydroxylation is 1. The molecule has 0 radical (unpaired) electrons. The molecule has 0 spiro atoms. The van der Waals surface area contributed by atoms with E-state index in [0.717, 1.165) is 13.1 Å². The van der Waals surface area contributed by atoms with E-state index in [1.165, 1.54) is 27.1 Å². The van der Waals surface area contributed by atoms with E-state index in [4.69, 9.17) is 0 Å². The van der Waals surface area contributed by atoms with Crippen LogP contribution in [-0.2, 0) is 13.1 Å². The molecular weight excluding hydrogens is 276 g/mol. The van der Waals surface area contributed by atoms with Gasteiger partial charge in [-0.2, -0.15) is 0 Å². The quantitative estimate of drug-likeness (QED) is 0.754. The number of rotatable bonds is 5. The van der Waals surface area contributed by atoms with Crippen molar-refractivity contribution in [2.24, 2.45) is 0 Å². The third kappa shape index (κ3) is 3.57. The van der Waals surface area contributed by atoms with Gasteiger partial charge in [0.1, 0.15) is 0 Å². The highest BCUT2D eigenvalue weighted by Crippen LogP contribution is 2.25. The maximum atomic E-state index is 4.18. The van der Waals surface area contributed by atoms with Gasteiger partial charge in [-0.05, 0) is 46.7 Å². The van der Waals surface area contributed by atoms with Gasteiger partial charge in [0.15, 0.2) is 0 Å². The fraction of sp³-hybridized carbons (Fsp3) is 0.167. The highest BCUT2D eigenvalue weighted by Gasteiger charge is 2.03. The number of aromatic nitrogens is 1. The van der Waals surface area contributed by atoms with Gasteiger partial charge in [0.25, 0.3) is 0 Å². The van der Waals surface area contributed by atoms with Crippen LogP contribution in [0.3, 0.4) is 0 Å². The third-order valence-corrected chi connectivity index (χ3v) is 4.46. The minimum atomic E-state index is 0.859. The third-order valence-electron chi connectivity index (χ3n) is 3.52. The van der Waals surface area contributed by atoms with Crippen LogP contribution in [0.15, 0.2) is 60.2 Å². The smallest absolute Gasteiger partial charge is 0.0315 e. The SMILES string of the molecule is Cc1ccncc1CNCc1cc(-c2ccccc2)cs1. The summed E-state index contributed by atoms with van der Waals surface area (Å²) >= 11 is 1.81. The van der Waals surface area contributed by atoms with Crippen molar-refractivity contribution in [2.45, 2.75) is 20.0 Å². The van der Waals surface area contributed by atoms with Crippen molar-refractivity contribution in [1.82, 2.24) is 10.3 Å². The molecule has 1 aromatic carbocycles. The van der Waals surface area contributed by atoms with Crippen molar-refractivity contribution in [1.29, 1.82) is 0 Å². The van der Waals surface area contributed by atoms with E-state index < -0.39 is 0 Å². The molecule has 0 saturated carbocycles. The average Bonchev–Trinajstić information content (AvgIpc) is 2.99. The Labute approximate surface area is 129 Å². The molecule has 21 heavy (non-hydrogen) atoms. The maximum Gasteiger partial charge on any atom is 0.0315 e. The first-order valence-corrected chi connectivity index (χ1v) is 7.94. The lowest BCUT2D eigenvalue weighted by atomic mass is 10.1. The van der Waals surface area contributed by atoms with Crippen LogP contribution in [0.4, 0.5) is 0 Å². The number of thiophene rings is 1. The number of hydrogen-bond donors (Lipinski definition) is 1. The first-order chi connectivity index (χ1) is 10.3. The Balaban J connectivity index is 1.60. The Morgan fingerprint density at radius 3 is 2.71 bits per heavy atom. The van der Waals surface area contributed by atoms with Crippen molar-refractivity contribution in [3.05, 3.63) is 76.2 Å². The minimum absolute atomic E-state index is 0.859. The number of nitrogens with zero attached hydrogens (tertiary/aromatic N) is 1. The van der Waals surface area contributed by atoms with Crippen molar-refractivity contribution in [3.63, 3.8) is 0 Å². The normalized spacial score (nSPS) is 10.7. The monoisotopic (exact) mass is 294 g/mol. The fourth-order valence-electron chi connectivity index (χ4n) is 2.26. The zero-order valence-electron chi connectivity index (χ0n) is 12.0. The summed E-state index contributed by atoms with van der Waals surface area (Å²) in [6.45, 7) is 3.88. The number of hydrogen-bond acceptors (Lipinski definition) is 3. The lowest BCUT2D eigenvalue weighted by Crippen LogP contribution is -2.12. The molecule has 2 heterocycles. The summed E-state index contributed by atoms with van der Waals surface area (Å²) in [5.41, 5.74) is 5.13. The molecule has 3 heteroatoms. The fourth-order valence-corrected chi connectivity index (χ4v) is 3.12. The largest absolute Gasteiger partial charge is 0.308 e. The molecule has 0 amide bonds. The first kappa shape index (κ1) is 14.0. The molecule has 0 bridgehead atoms. The first-order valence-electron chi connectivity index (χ1n) is 7.06. The second-order valence-electron chi connectivity index (χ2n) is 5.07. The molecule has 0 aliphatic carbocycles. The van der Waals surface area contributed by atoms with Gasteiger partial charge < -0.3 is 5.32 Å². The number of benzene rings is 1. The molecule has 2 aromatic heterocycles. The molecule has 2 nitrogen and oxygen atoms in total. The van der Waals surface area contributed by atoms with Gasteiger partial charge in [-0.3, -0.25) is 4.98 Å². The van der Waals surface area contributed by atoms with Gasteiger partial charge in [0.05, 0.1) is 0 Å². The van der Waals surface area contributed by atoms with Crippen LogP contribution in [-0.4, -0.2) is 4.98 Å². The zero-order valence-corrected chi connectivity index (χ0v) is 12.9. The summed E-state index contributed by atoms with van der Waals surface area (Å²) in [7, 11) is 0. The highest BCUT2D eigenvalue weighted by atomic mass is 32.1. The molecule has 0 aliphatic rings. The molecule has 0 saturated heterocycles. The van der Waals surface area contributed by atoms with Gasteiger partial charge in [0, 0.05) is 30.4 Å². The van der Waals surface area contributed by atoms with E-state index in [2.05, 4.69) is 65.1 Å². The topological polar surface area (TPSA) is 24.9 Å². The predicted molar refractivity (Wildman–Crippen MR) is 89.3 cm³/mol. The van der Waals surface area contributed by atoms with E-state index in [-0.39, 0.29) is 0 Å². The Hall–Kier alpha value is -1.97. The van der Waals surface area contributed by atoms with Crippen LogP contribution in [0.5, 0.6) is 0 Å². The van der Waals surface area contributed by atoms with Gasteiger partial charge in [0.2, 0.25) is 0 Å². The summed E-state index contributed by atoms with van der Waals surface area (Å²) < 4.78 is 0. The van der Waals surface area contributed by atoms with E-state index in [1.807, 2.05) is 12.4 Å². The minimum Gasteiger partial charge on any atom is -0.308 e. The summed E-state index contributed by atoms with van der Waals surface area (Å²) in [5.74, 6) is 0. The van der Waals surface area contributed by atoms with Gasteiger partial charge >= 0.3 is 0 Å².